The highest BCUT2D eigenvalue weighted by molar-refractivity contribution is 5.96. The number of benzene rings is 1. The number of aliphatic hydroxyl groups excluding tert-OH is 1. The molecule has 0 aliphatic carbocycles. The molecule has 0 aliphatic heterocycles. The van der Waals surface area contributed by atoms with Crippen molar-refractivity contribution in [1.29, 1.82) is 0 Å². The molecule has 0 unspecified atom stereocenters. The van der Waals surface area contributed by atoms with Crippen molar-refractivity contribution in [1.82, 2.24) is 4.90 Å². The molecule has 1 aromatic carbocycles. The normalized spacial score (nSPS) is 12.5. The van der Waals surface area contributed by atoms with Crippen molar-refractivity contribution >= 4 is 11.9 Å². The van der Waals surface area contributed by atoms with Gasteiger partial charge in [-0.05, 0) is 57.4 Å². The maximum absolute atomic E-state index is 13.0. The number of nitrogens with zero attached hydrogens (tertiary/aromatic N) is 1. The fourth-order valence-electron chi connectivity index (χ4n) is 4.13. The molecule has 6 heteroatoms. The van der Waals surface area contributed by atoms with Gasteiger partial charge >= 0.3 is 6.09 Å². The molecule has 1 amide bonds. The van der Waals surface area contributed by atoms with Crippen molar-refractivity contribution in [2.24, 2.45) is 0 Å². The van der Waals surface area contributed by atoms with Gasteiger partial charge in [0.05, 0.1) is 13.7 Å². The van der Waals surface area contributed by atoms with Crippen LogP contribution in [-0.4, -0.2) is 47.2 Å². The second-order valence-electron chi connectivity index (χ2n) is 10.8. The highest BCUT2D eigenvalue weighted by Gasteiger charge is 2.31. The number of allylic oxidation sites excluding steroid dienone is 1. The first kappa shape index (κ1) is 32.7. The Morgan fingerprint density at radius 2 is 1.46 bits per heavy atom. The Morgan fingerprint density at radius 1 is 0.919 bits per heavy atom. The predicted octanol–water partition coefficient (Wildman–Crippen LogP) is 7.62. The van der Waals surface area contributed by atoms with E-state index in [0.29, 0.717) is 5.75 Å². The molecule has 1 rings (SSSR count). The second-order valence-corrected chi connectivity index (χ2v) is 10.8. The summed E-state index contributed by atoms with van der Waals surface area (Å²) in [5.41, 5.74) is 0.0891. The van der Waals surface area contributed by atoms with Gasteiger partial charge < -0.3 is 14.6 Å². The standard InChI is InChI=1S/C31H51NO5/c1-6-7-8-9-10-11-12-13-14-15-16-17-18-19-29(34)28(25-33)32(30(35)37-31(2,3)4)24-26-20-22-27(36-5)23-21-26/h18-23,28,33H,6-17,24-25H2,1-5H3/b19-18+/t28-/m1/s1. The minimum atomic E-state index is -1.01. The van der Waals surface area contributed by atoms with Gasteiger partial charge in [-0.1, -0.05) is 89.3 Å². The number of amides is 1. The van der Waals surface area contributed by atoms with Crippen LogP contribution >= 0.6 is 0 Å². The Balaban J connectivity index is 2.56. The van der Waals surface area contributed by atoms with Crippen molar-refractivity contribution in [3.63, 3.8) is 0 Å². The van der Waals surface area contributed by atoms with Gasteiger partial charge in [0, 0.05) is 6.54 Å². The van der Waals surface area contributed by atoms with Crippen LogP contribution in [0.3, 0.4) is 0 Å². The number of rotatable bonds is 19. The van der Waals surface area contributed by atoms with E-state index in [0.717, 1.165) is 24.8 Å². The van der Waals surface area contributed by atoms with Crippen molar-refractivity contribution in [3.8, 4) is 5.75 Å². The Bertz CT molecular complexity index is 782. The van der Waals surface area contributed by atoms with Crippen LogP contribution in [0, 0.1) is 0 Å². The van der Waals surface area contributed by atoms with E-state index in [1.807, 2.05) is 18.2 Å². The topological polar surface area (TPSA) is 76.1 Å². The lowest BCUT2D eigenvalue weighted by Crippen LogP contribution is -2.48. The van der Waals surface area contributed by atoms with Crippen LogP contribution in [0.1, 0.15) is 110 Å². The molecule has 0 saturated carbocycles. The predicted molar refractivity (Wildman–Crippen MR) is 151 cm³/mol. The van der Waals surface area contributed by atoms with Gasteiger partial charge in [0.2, 0.25) is 0 Å². The zero-order valence-electron chi connectivity index (χ0n) is 24.0. The lowest BCUT2D eigenvalue weighted by atomic mass is 10.0. The summed E-state index contributed by atoms with van der Waals surface area (Å²) in [6.45, 7) is 7.25. The number of unbranched alkanes of at least 4 members (excludes halogenated alkanes) is 11. The van der Waals surface area contributed by atoms with Gasteiger partial charge in [0.15, 0.2) is 5.78 Å². The molecule has 0 spiro atoms. The van der Waals surface area contributed by atoms with E-state index in [4.69, 9.17) is 9.47 Å². The maximum Gasteiger partial charge on any atom is 0.411 e. The number of carbonyl (C=O) groups is 2. The monoisotopic (exact) mass is 517 g/mol. The lowest BCUT2D eigenvalue weighted by Gasteiger charge is -2.31. The molecule has 0 heterocycles. The Morgan fingerprint density at radius 3 is 1.95 bits per heavy atom. The molecular formula is C31H51NO5. The number of ether oxygens (including phenoxy) is 2. The number of aliphatic hydroxyl groups is 1. The van der Waals surface area contributed by atoms with E-state index in [9.17, 15) is 14.7 Å². The molecule has 37 heavy (non-hydrogen) atoms. The van der Waals surface area contributed by atoms with Crippen LogP contribution in [0.5, 0.6) is 5.75 Å². The van der Waals surface area contributed by atoms with Gasteiger partial charge in [0.25, 0.3) is 0 Å². The minimum absolute atomic E-state index is 0.141. The average Bonchev–Trinajstić information content (AvgIpc) is 2.86. The summed E-state index contributed by atoms with van der Waals surface area (Å²) in [7, 11) is 1.59. The van der Waals surface area contributed by atoms with E-state index < -0.39 is 24.3 Å². The molecule has 1 aromatic rings. The fourth-order valence-corrected chi connectivity index (χ4v) is 4.13. The van der Waals surface area contributed by atoms with E-state index in [1.165, 1.54) is 68.8 Å². The van der Waals surface area contributed by atoms with Crippen LogP contribution in [-0.2, 0) is 16.1 Å². The first-order chi connectivity index (χ1) is 17.7. The summed E-state index contributed by atoms with van der Waals surface area (Å²) in [4.78, 5) is 27.2. The molecule has 0 aliphatic rings. The molecule has 0 radical (unpaired) electrons. The highest BCUT2D eigenvalue weighted by Crippen LogP contribution is 2.19. The number of methoxy groups -OCH3 is 1. The smallest absolute Gasteiger partial charge is 0.411 e. The van der Waals surface area contributed by atoms with Crippen molar-refractivity contribution in [2.45, 2.75) is 123 Å². The van der Waals surface area contributed by atoms with Crippen molar-refractivity contribution in [3.05, 3.63) is 42.0 Å². The van der Waals surface area contributed by atoms with Crippen molar-refractivity contribution in [2.75, 3.05) is 13.7 Å². The van der Waals surface area contributed by atoms with Gasteiger partial charge in [-0.15, -0.1) is 0 Å². The first-order valence-electron chi connectivity index (χ1n) is 14.2. The third-order valence-corrected chi connectivity index (χ3v) is 6.27. The summed E-state index contributed by atoms with van der Waals surface area (Å²) < 4.78 is 10.7. The van der Waals surface area contributed by atoms with Crippen molar-refractivity contribution < 1.29 is 24.2 Å². The second kappa shape index (κ2) is 18.8. The Hall–Kier alpha value is -2.34. The van der Waals surface area contributed by atoms with Crippen LogP contribution in [0.2, 0.25) is 0 Å². The number of carbonyl (C=O) groups excluding carboxylic acids is 2. The van der Waals surface area contributed by atoms with Gasteiger partial charge in [-0.2, -0.15) is 0 Å². The molecule has 210 valence electrons. The number of hydrogen-bond acceptors (Lipinski definition) is 5. The van der Waals surface area contributed by atoms with Gasteiger partial charge in [-0.25, -0.2) is 4.79 Å². The molecule has 0 bridgehead atoms. The molecule has 1 N–H and O–H groups in total. The third-order valence-electron chi connectivity index (χ3n) is 6.27. The zero-order valence-corrected chi connectivity index (χ0v) is 24.0. The van der Waals surface area contributed by atoms with E-state index in [-0.39, 0.29) is 12.3 Å². The van der Waals surface area contributed by atoms with E-state index >= 15 is 0 Å². The molecule has 0 fully saturated rings. The first-order valence-corrected chi connectivity index (χ1v) is 14.2. The van der Waals surface area contributed by atoms with Crippen LogP contribution in [0.4, 0.5) is 4.79 Å². The highest BCUT2D eigenvalue weighted by atomic mass is 16.6. The quantitative estimate of drug-likeness (QED) is 0.151. The summed E-state index contributed by atoms with van der Waals surface area (Å²) in [5, 5.41) is 10.1. The lowest BCUT2D eigenvalue weighted by molar-refractivity contribution is -0.121. The van der Waals surface area contributed by atoms with Crippen LogP contribution in [0.15, 0.2) is 36.4 Å². The summed E-state index contributed by atoms with van der Waals surface area (Å²) >= 11 is 0. The average molecular weight is 518 g/mol. The van der Waals surface area contributed by atoms with Gasteiger partial charge in [0.1, 0.15) is 17.4 Å². The van der Waals surface area contributed by atoms with E-state index in [2.05, 4.69) is 6.92 Å². The Kier molecular flexibility index (Phi) is 16.6. The molecule has 0 saturated heterocycles. The molecule has 0 aromatic heterocycles. The summed E-state index contributed by atoms with van der Waals surface area (Å²) in [6.07, 6.45) is 17.6. The number of ketones is 1. The maximum atomic E-state index is 13.0. The van der Waals surface area contributed by atoms with Crippen LogP contribution < -0.4 is 4.74 Å². The van der Waals surface area contributed by atoms with E-state index in [1.54, 1.807) is 40.0 Å². The molecule has 1 atom stereocenters. The summed E-state index contributed by atoms with van der Waals surface area (Å²) in [6, 6.07) is 6.25. The Labute approximate surface area is 225 Å². The molecule has 6 nitrogen and oxygen atoms in total. The van der Waals surface area contributed by atoms with Crippen LogP contribution in [0.25, 0.3) is 0 Å². The van der Waals surface area contributed by atoms with Gasteiger partial charge in [-0.3, -0.25) is 9.69 Å². The number of hydrogen-bond donors (Lipinski definition) is 1. The minimum Gasteiger partial charge on any atom is -0.497 e. The molecular weight excluding hydrogens is 466 g/mol. The third kappa shape index (κ3) is 14.9. The largest absolute Gasteiger partial charge is 0.497 e. The fraction of sp³-hybridized carbons (Fsp3) is 0.677. The summed E-state index contributed by atoms with van der Waals surface area (Å²) in [5.74, 6) is 0.401. The zero-order chi connectivity index (χ0) is 27.5. The SMILES string of the molecule is CCCCCCCCCCCCC/C=C/C(=O)[C@@H](CO)N(Cc1ccc(OC)cc1)C(=O)OC(C)(C)C.